The molecule has 122 valence electrons. The first-order chi connectivity index (χ1) is 11.5. The fraction of sp³-hybridized carbons (Fsp3) is 0.125. The van der Waals surface area contributed by atoms with Crippen LogP contribution in [0.4, 0.5) is 5.69 Å². The Kier molecular flexibility index (Phi) is 4.39. The number of nitrogens with zero attached hydrogens (tertiary/aromatic N) is 2. The Morgan fingerprint density at radius 2 is 2.00 bits per heavy atom. The number of carbonyl (C=O) groups is 1. The third kappa shape index (κ3) is 3.66. The maximum absolute atomic E-state index is 12.0. The number of aromatic amines is 1. The lowest BCUT2D eigenvalue weighted by Crippen LogP contribution is -2.32. The molecule has 2 N–H and O–H groups in total. The lowest BCUT2D eigenvalue weighted by Gasteiger charge is -2.07. The minimum Gasteiger partial charge on any atom is -0.325 e. The molecule has 8 heteroatoms. The largest absolute Gasteiger partial charge is 0.328 e. The number of hydrogen-bond acceptors (Lipinski definition) is 5. The van der Waals surface area contributed by atoms with Crippen molar-refractivity contribution in [1.82, 2.24) is 14.5 Å². The van der Waals surface area contributed by atoms with E-state index in [1.807, 2.05) is 24.4 Å². The first kappa shape index (κ1) is 15.9. The Hall–Kier alpha value is -3.00. The lowest BCUT2D eigenvalue weighted by molar-refractivity contribution is -0.116. The molecule has 0 saturated carbocycles. The highest BCUT2D eigenvalue weighted by molar-refractivity contribution is 7.09. The minimum absolute atomic E-state index is 0.178. The Morgan fingerprint density at radius 3 is 2.62 bits per heavy atom. The maximum atomic E-state index is 12.0. The number of carbonyl (C=O) groups excluding carboxylic acids is 1. The molecule has 7 nitrogen and oxygen atoms in total. The van der Waals surface area contributed by atoms with Crippen LogP contribution in [0.1, 0.15) is 5.01 Å². The van der Waals surface area contributed by atoms with E-state index in [0.717, 1.165) is 20.8 Å². The molecule has 0 spiro atoms. The van der Waals surface area contributed by atoms with Gasteiger partial charge in [0.2, 0.25) is 5.91 Å². The topological polar surface area (TPSA) is 96.8 Å². The van der Waals surface area contributed by atoms with Gasteiger partial charge in [-0.15, -0.1) is 11.3 Å². The molecular formula is C16H14N4O3S. The molecule has 3 rings (SSSR count). The van der Waals surface area contributed by atoms with E-state index in [-0.39, 0.29) is 12.5 Å². The molecule has 1 aromatic carbocycles. The van der Waals surface area contributed by atoms with Crippen molar-refractivity contribution in [3.8, 4) is 11.3 Å². The summed E-state index contributed by atoms with van der Waals surface area (Å²) in [5.74, 6) is -0.360. The number of aryl methyl sites for hydroxylation is 1. The van der Waals surface area contributed by atoms with Gasteiger partial charge in [0.05, 0.1) is 10.7 Å². The van der Waals surface area contributed by atoms with E-state index in [0.29, 0.717) is 5.69 Å². The Morgan fingerprint density at radius 1 is 1.25 bits per heavy atom. The summed E-state index contributed by atoms with van der Waals surface area (Å²) in [6, 6.07) is 8.49. The summed E-state index contributed by atoms with van der Waals surface area (Å²) in [4.78, 5) is 41.1. The van der Waals surface area contributed by atoms with Crippen LogP contribution in [0.25, 0.3) is 11.3 Å². The first-order valence-corrected chi connectivity index (χ1v) is 8.01. The summed E-state index contributed by atoms with van der Waals surface area (Å²) >= 11 is 1.58. The quantitative estimate of drug-likeness (QED) is 0.753. The molecule has 0 aliphatic carbocycles. The lowest BCUT2D eigenvalue weighted by atomic mass is 10.1. The summed E-state index contributed by atoms with van der Waals surface area (Å²) in [7, 11) is 0. The highest BCUT2D eigenvalue weighted by atomic mass is 32.1. The maximum Gasteiger partial charge on any atom is 0.328 e. The molecule has 1 amide bonds. The van der Waals surface area contributed by atoms with Crippen molar-refractivity contribution < 1.29 is 4.79 Å². The molecule has 0 unspecified atom stereocenters. The van der Waals surface area contributed by atoms with E-state index in [9.17, 15) is 14.4 Å². The second-order valence-corrected chi connectivity index (χ2v) is 6.18. The third-order valence-electron chi connectivity index (χ3n) is 3.29. The normalized spacial score (nSPS) is 10.5. The second kappa shape index (κ2) is 6.63. The van der Waals surface area contributed by atoms with Crippen molar-refractivity contribution in [2.24, 2.45) is 0 Å². The van der Waals surface area contributed by atoms with Crippen molar-refractivity contribution in [1.29, 1.82) is 0 Å². The minimum atomic E-state index is -0.619. The van der Waals surface area contributed by atoms with Crippen molar-refractivity contribution in [2.75, 3.05) is 5.32 Å². The molecule has 2 aromatic heterocycles. The van der Waals surface area contributed by atoms with Gasteiger partial charge < -0.3 is 5.32 Å². The van der Waals surface area contributed by atoms with E-state index in [1.165, 1.54) is 12.3 Å². The van der Waals surface area contributed by atoms with Crippen molar-refractivity contribution in [2.45, 2.75) is 13.5 Å². The van der Waals surface area contributed by atoms with Gasteiger partial charge in [-0.05, 0) is 19.1 Å². The predicted octanol–water partition coefficient (Wildman–Crippen LogP) is 1.61. The molecular weight excluding hydrogens is 328 g/mol. The average Bonchev–Trinajstić information content (AvgIpc) is 2.97. The SMILES string of the molecule is Cc1nc(-c2ccc(NC(=O)Cn3ccc(=O)[nH]c3=O)cc2)cs1. The van der Waals surface area contributed by atoms with E-state index < -0.39 is 11.2 Å². The third-order valence-corrected chi connectivity index (χ3v) is 4.07. The molecule has 0 saturated heterocycles. The van der Waals surface area contributed by atoms with Crippen LogP contribution in [0.3, 0.4) is 0 Å². The van der Waals surface area contributed by atoms with E-state index in [1.54, 1.807) is 23.5 Å². The van der Waals surface area contributed by atoms with Gasteiger partial charge in [0.15, 0.2) is 0 Å². The monoisotopic (exact) mass is 342 g/mol. The summed E-state index contributed by atoms with van der Waals surface area (Å²) < 4.78 is 1.13. The van der Waals surface area contributed by atoms with Crippen molar-refractivity contribution in [3.63, 3.8) is 0 Å². The summed E-state index contributed by atoms with van der Waals surface area (Å²) in [5.41, 5.74) is 1.37. The predicted molar refractivity (Wildman–Crippen MR) is 92.2 cm³/mol. The van der Waals surface area contributed by atoms with E-state index in [2.05, 4.69) is 15.3 Å². The van der Waals surface area contributed by atoms with Crippen LogP contribution in [-0.2, 0) is 11.3 Å². The fourth-order valence-electron chi connectivity index (χ4n) is 2.14. The zero-order chi connectivity index (χ0) is 17.1. The van der Waals surface area contributed by atoms with Gasteiger partial charge in [-0.2, -0.15) is 0 Å². The number of thiazole rings is 1. The number of H-pyrrole nitrogens is 1. The van der Waals surface area contributed by atoms with Crippen LogP contribution in [-0.4, -0.2) is 20.4 Å². The second-order valence-electron chi connectivity index (χ2n) is 5.12. The Bertz CT molecular complexity index is 985. The molecule has 0 bridgehead atoms. The van der Waals surface area contributed by atoms with E-state index >= 15 is 0 Å². The van der Waals surface area contributed by atoms with Crippen LogP contribution in [0.5, 0.6) is 0 Å². The van der Waals surface area contributed by atoms with Gasteiger partial charge in [0.1, 0.15) is 6.54 Å². The van der Waals surface area contributed by atoms with Crippen LogP contribution >= 0.6 is 11.3 Å². The highest BCUT2D eigenvalue weighted by Gasteiger charge is 2.07. The fourth-order valence-corrected chi connectivity index (χ4v) is 2.77. The van der Waals surface area contributed by atoms with Gasteiger partial charge in [-0.3, -0.25) is 19.1 Å². The number of nitrogens with one attached hydrogen (secondary N) is 2. The molecule has 3 aromatic rings. The number of rotatable bonds is 4. The van der Waals surface area contributed by atoms with Gasteiger partial charge in [-0.1, -0.05) is 12.1 Å². The number of anilines is 1. The van der Waals surface area contributed by atoms with Gasteiger partial charge >= 0.3 is 5.69 Å². The van der Waals surface area contributed by atoms with Crippen molar-refractivity contribution in [3.05, 3.63) is 67.8 Å². The number of amides is 1. The molecule has 0 aliphatic rings. The average molecular weight is 342 g/mol. The molecule has 0 aliphatic heterocycles. The Labute approximate surface area is 140 Å². The summed E-state index contributed by atoms with van der Waals surface area (Å²) in [6.45, 7) is 1.77. The molecule has 0 fully saturated rings. The first-order valence-electron chi connectivity index (χ1n) is 7.13. The summed E-state index contributed by atoms with van der Waals surface area (Å²) in [5, 5.41) is 5.68. The number of hydrogen-bond donors (Lipinski definition) is 2. The smallest absolute Gasteiger partial charge is 0.325 e. The molecule has 0 atom stereocenters. The standard InChI is InChI=1S/C16H14N4O3S/c1-10-17-13(9-24-10)11-2-4-12(5-3-11)18-15(22)8-20-7-6-14(21)19-16(20)23/h2-7,9H,8H2,1H3,(H,18,22)(H,19,21,23). The Balaban J connectivity index is 1.68. The van der Waals surface area contributed by atoms with Crippen molar-refractivity contribution >= 4 is 22.9 Å². The molecule has 0 radical (unpaired) electrons. The van der Waals surface area contributed by atoms with E-state index in [4.69, 9.17) is 0 Å². The van der Waals surface area contributed by atoms with Gasteiger partial charge in [0.25, 0.3) is 5.56 Å². The zero-order valence-corrected chi connectivity index (χ0v) is 13.6. The highest BCUT2D eigenvalue weighted by Crippen LogP contribution is 2.23. The van der Waals surface area contributed by atoms with Gasteiger partial charge in [-0.25, -0.2) is 9.78 Å². The zero-order valence-electron chi connectivity index (χ0n) is 12.8. The van der Waals surface area contributed by atoms with Crippen LogP contribution in [0.15, 0.2) is 51.5 Å². The molecule has 24 heavy (non-hydrogen) atoms. The van der Waals surface area contributed by atoms with Crippen LogP contribution < -0.4 is 16.6 Å². The number of benzene rings is 1. The van der Waals surface area contributed by atoms with Crippen LogP contribution in [0.2, 0.25) is 0 Å². The van der Waals surface area contributed by atoms with Gasteiger partial charge in [0, 0.05) is 28.9 Å². The summed E-state index contributed by atoms with van der Waals surface area (Å²) in [6.07, 6.45) is 1.29. The van der Waals surface area contributed by atoms with Crippen LogP contribution in [0, 0.1) is 6.92 Å². The molecule has 2 heterocycles. The number of aromatic nitrogens is 3.